The molecule has 0 bridgehead atoms. The van der Waals surface area contributed by atoms with E-state index >= 15 is 0 Å². The zero-order valence-electron chi connectivity index (χ0n) is 7.32. The first kappa shape index (κ1) is 7.77. The van der Waals surface area contributed by atoms with Crippen LogP contribution in [0.5, 0.6) is 0 Å². The summed E-state index contributed by atoms with van der Waals surface area (Å²) in [6, 6.07) is 0. The molecule has 0 heterocycles. The van der Waals surface area contributed by atoms with Gasteiger partial charge in [-0.05, 0) is 11.8 Å². The first-order valence-electron chi connectivity index (χ1n) is 3.97. The molecule has 1 unspecified atom stereocenters. The first-order chi connectivity index (χ1) is 4.44. The second kappa shape index (κ2) is 1.84. The largest absolute Gasteiger partial charge is 0.299 e. The van der Waals surface area contributed by atoms with Crippen LogP contribution in [-0.4, -0.2) is 5.78 Å². The number of carbonyl (C=O) groups excluding carboxylic acids is 1. The summed E-state index contributed by atoms with van der Waals surface area (Å²) in [6.07, 6.45) is 1.77. The van der Waals surface area contributed by atoms with E-state index in [1.165, 1.54) is 0 Å². The summed E-state index contributed by atoms with van der Waals surface area (Å²) in [4.78, 5) is 11.3. The van der Waals surface area contributed by atoms with Crippen LogP contribution in [0.25, 0.3) is 0 Å². The molecule has 1 atom stereocenters. The van der Waals surface area contributed by atoms with Crippen molar-refractivity contribution in [3.05, 3.63) is 0 Å². The summed E-state index contributed by atoms with van der Waals surface area (Å²) in [5.74, 6) is 0.428. The van der Waals surface area contributed by atoms with Crippen LogP contribution in [0.3, 0.4) is 0 Å². The third-order valence-electron chi connectivity index (χ3n) is 3.10. The van der Waals surface area contributed by atoms with Crippen LogP contribution < -0.4 is 0 Å². The van der Waals surface area contributed by atoms with Crippen LogP contribution in [0.2, 0.25) is 0 Å². The fraction of sp³-hybridized carbons (Fsp3) is 0.889. The highest BCUT2D eigenvalue weighted by atomic mass is 16.1. The van der Waals surface area contributed by atoms with Gasteiger partial charge in [0.05, 0.1) is 0 Å². The normalized spacial score (nSPS) is 35.6. The summed E-state index contributed by atoms with van der Waals surface area (Å²) in [5, 5.41) is 0. The van der Waals surface area contributed by atoms with Gasteiger partial charge in [0.15, 0.2) is 0 Å². The van der Waals surface area contributed by atoms with Gasteiger partial charge < -0.3 is 0 Å². The Labute approximate surface area is 62.8 Å². The maximum atomic E-state index is 11.3. The third-order valence-corrected chi connectivity index (χ3v) is 3.10. The maximum Gasteiger partial charge on any atom is 0.139 e. The Morgan fingerprint density at radius 3 is 1.90 bits per heavy atom. The van der Waals surface area contributed by atoms with E-state index in [-0.39, 0.29) is 10.8 Å². The van der Waals surface area contributed by atoms with Crippen molar-refractivity contribution in [1.29, 1.82) is 0 Å². The van der Waals surface area contributed by atoms with Gasteiger partial charge in [0.2, 0.25) is 0 Å². The average Bonchev–Trinajstić information content (AvgIpc) is 2.32. The van der Waals surface area contributed by atoms with E-state index in [2.05, 4.69) is 20.8 Å². The second-order valence-corrected chi connectivity index (χ2v) is 4.17. The molecule has 1 nitrogen and oxygen atoms in total. The Morgan fingerprint density at radius 2 is 1.80 bits per heavy atom. The third kappa shape index (κ3) is 0.799. The minimum atomic E-state index is 0.0156. The van der Waals surface area contributed by atoms with Crippen LogP contribution in [0, 0.1) is 10.8 Å². The number of ketones is 1. The predicted octanol–water partition coefficient (Wildman–Crippen LogP) is 2.40. The van der Waals surface area contributed by atoms with Gasteiger partial charge in [-0.3, -0.25) is 4.79 Å². The van der Waals surface area contributed by atoms with E-state index in [9.17, 15) is 4.79 Å². The van der Waals surface area contributed by atoms with Gasteiger partial charge in [-0.2, -0.15) is 0 Å². The van der Waals surface area contributed by atoms with Crippen LogP contribution in [-0.2, 0) is 4.79 Å². The average molecular weight is 140 g/mol. The van der Waals surface area contributed by atoms with E-state index < -0.39 is 0 Å². The molecule has 1 heteroatoms. The fourth-order valence-electron chi connectivity index (χ4n) is 1.71. The quantitative estimate of drug-likeness (QED) is 0.575. The molecule has 58 valence electrons. The zero-order valence-corrected chi connectivity index (χ0v) is 7.32. The monoisotopic (exact) mass is 140 g/mol. The molecule has 0 aromatic rings. The first-order valence-corrected chi connectivity index (χ1v) is 3.97. The van der Waals surface area contributed by atoms with Crippen molar-refractivity contribution in [3.8, 4) is 0 Å². The molecule has 0 amide bonds. The predicted molar refractivity (Wildman–Crippen MR) is 41.8 cm³/mol. The Morgan fingerprint density at radius 1 is 1.40 bits per heavy atom. The number of rotatable bonds is 2. The molecule has 1 saturated carbocycles. The molecule has 0 radical (unpaired) electrons. The SMILES string of the molecule is CCC(=O)C1(C)CC1(C)C. The minimum absolute atomic E-state index is 0.0156. The molecule has 10 heavy (non-hydrogen) atoms. The smallest absolute Gasteiger partial charge is 0.139 e. The Balaban J connectivity index is 2.68. The van der Waals surface area contributed by atoms with Crippen LogP contribution in [0.4, 0.5) is 0 Å². The van der Waals surface area contributed by atoms with Crippen molar-refractivity contribution in [2.45, 2.75) is 40.5 Å². The lowest BCUT2D eigenvalue weighted by Gasteiger charge is -2.11. The van der Waals surface area contributed by atoms with Gasteiger partial charge in [-0.25, -0.2) is 0 Å². The minimum Gasteiger partial charge on any atom is -0.299 e. The molecule has 1 rings (SSSR count). The van der Waals surface area contributed by atoms with Crippen LogP contribution in [0.15, 0.2) is 0 Å². The van der Waals surface area contributed by atoms with Gasteiger partial charge in [-0.15, -0.1) is 0 Å². The summed E-state index contributed by atoms with van der Waals surface area (Å²) >= 11 is 0. The summed E-state index contributed by atoms with van der Waals surface area (Å²) in [6.45, 7) is 8.36. The topological polar surface area (TPSA) is 17.1 Å². The Bertz CT molecular complexity index is 170. The summed E-state index contributed by atoms with van der Waals surface area (Å²) < 4.78 is 0. The van der Waals surface area contributed by atoms with Gasteiger partial charge in [0, 0.05) is 11.8 Å². The van der Waals surface area contributed by atoms with Crippen molar-refractivity contribution >= 4 is 5.78 Å². The molecular weight excluding hydrogens is 124 g/mol. The molecule has 0 N–H and O–H groups in total. The van der Waals surface area contributed by atoms with Crippen molar-refractivity contribution in [2.75, 3.05) is 0 Å². The van der Waals surface area contributed by atoms with Gasteiger partial charge >= 0.3 is 0 Å². The number of carbonyl (C=O) groups is 1. The van der Waals surface area contributed by atoms with E-state index in [0.29, 0.717) is 12.2 Å². The van der Waals surface area contributed by atoms with Gasteiger partial charge in [-0.1, -0.05) is 27.7 Å². The lowest BCUT2D eigenvalue weighted by atomic mass is 9.92. The lowest BCUT2D eigenvalue weighted by molar-refractivity contribution is -0.124. The zero-order chi connectivity index (χ0) is 7.99. The molecule has 1 aliphatic carbocycles. The standard InChI is InChI=1S/C9H16O/c1-5-7(10)9(4)6-8(9,2)3/h5-6H2,1-4H3. The van der Waals surface area contributed by atoms with E-state index in [4.69, 9.17) is 0 Å². The van der Waals surface area contributed by atoms with Crippen molar-refractivity contribution < 1.29 is 4.79 Å². The number of Topliss-reactive ketones (excluding diaryl/α,β-unsaturated/α-hetero) is 1. The van der Waals surface area contributed by atoms with E-state index in [1.54, 1.807) is 0 Å². The van der Waals surface area contributed by atoms with Crippen LogP contribution >= 0.6 is 0 Å². The van der Waals surface area contributed by atoms with Crippen molar-refractivity contribution in [3.63, 3.8) is 0 Å². The van der Waals surface area contributed by atoms with Gasteiger partial charge in [0.25, 0.3) is 0 Å². The molecule has 0 saturated heterocycles. The van der Waals surface area contributed by atoms with E-state index in [1.807, 2.05) is 6.92 Å². The molecule has 1 fully saturated rings. The van der Waals surface area contributed by atoms with E-state index in [0.717, 1.165) is 6.42 Å². The highest BCUT2D eigenvalue weighted by Crippen LogP contribution is 2.63. The highest BCUT2D eigenvalue weighted by molar-refractivity contribution is 5.88. The lowest BCUT2D eigenvalue weighted by Crippen LogP contribution is -2.16. The van der Waals surface area contributed by atoms with Crippen molar-refractivity contribution in [2.24, 2.45) is 10.8 Å². The molecule has 0 aromatic carbocycles. The second-order valence-electron chi connectivity index (χ2n) is 4.17. The molecule has 0 aromatic heterocycles. The Kier molecular flexibility index (Phi) is 1.43. The maximum absolute atomic E-state index is 11.3. The summed E-state index contributed by atoms with van der Waals surface area (Å²) in [7, 11) is 0. The number of hydrogen-bond donors (Lipinski definition) is 0. The Hall–Kier alpha value is -0.330. The molecule has 0 aliphatic heterocycles. The van der Waals surface area contributed by atoms with Crippen molar-refractivity contribution in [1.82, 2.24) is 0 Å². The van der Waals surface area contributed by atoms with Gasteiger partial charge in [0.1, 0.15) is 5.78 Å². The highest BCUT2D eigenvalue weighted by Gasteiger charge is 2.61. The number of hydrogen-bond acceptors (Lipinski definition) is 1. The fourth-order valence-corrected chi connectivity index (χ4v) is 1.71. The van der Waals surface area contributed by atoms with Crippen LogP contribution in [0.1, 0.15) is 40.5 Å². The molecule has 1 aliphatic rings. The molecular formula is C9H16O. The molecule has 0 spiro atoms. The summed E-state index contributed by atoms with van der Waals surface area (Å²) in [5.41, 5.74) is 0.293.